The third-order valence-corrected chi connectivity index (χ3v) is 7.17. The van der Waals surface area contributed by atoms with Gasteiger partial charge in [-0.05, 0) is 37.5 Å². The SMILES string of the molecule is CCCCCCCN1C(=O)/C(=C\c2c(N3CCCC3)nc3ccccn3c2=O)SC1=S. The molecule has 4 rings (SSSR count). The lowest BCUT2D eigenvalue weighted by Crippen LogP contribution is -2.29. The van der Waals surface area contributed by atoms with Crippen LogP contribution in [0.5, 0.6) is 0 Å². The van der Waals surface area contributed by atoms with Gasteiger partial charge in [-0.25, -0.2) is 4.98 Å². The van der Waals surface area contributed by atoms with Crippen molar-refractivity contribution >= 4 is 51.7 Å². The Morgan fingerprint density at radius 3 is 2.68 bits per heavy atom. The summed E-state index contributed by atoms with van der Waals surface area (Å²) in [4.78, 5) is 35.5. The Morgan fingerprint density at radius 2 is 1.90 bits per heavy atom. The first-order valence-electron chi connectivity index (χ1n) is 11.1. The second-order valence-electron chi connectivity index (χ2n) is 8.02. The number of hydrogen-bond donors (Lipinski definition) is 0. The monoisotopic (exact) mass is 456 g/mol. The predicted molar refractivity (Wildman–Crippen MR) is 132 cm³/mol. The van der Waals surface area contributed by atoms with Crippen molar-refractivity contribution in [2.24, 2.45) is 0 Å². The van der Waals surface area contributed by atoms with Gasteiger partial charge in [-0.3, -0.25) is 18.9 Å². The first kappa shape index (κ1) is 22.0. The first-order chi connectivity index (χ1) is 15.1. The number of carbonyl (C=O) groups excluding carboxylic acids is 1. The third kappa shape index (κ3) is 4.70. The van der Waals surface area contributed by atoms with E-state index in [9.17, 15) is 9.59 Å². The number of carbonyl (C=O) groups is 1. The van der Waals surface area contributed by atoms with Crippen LogP contribution in [0.3, 0.4) is 0 Å². The van der Waals surface area contributed by atoms with E-state index in [-0.39, 0.29) is 11.5 Å². The zero-order valence-corrected chi connectivity index (χ0v) is 19.5. The molecule has 8 heteroatoms. The number of amides is 1. The Morgan fingerprint density at radius 1 is 1.13 bits per heavy atom. The van der Waals surface area contributed by atoms with Crippen molar-refractivity contribution in [2.45, 2.75) is 51.9 Å². The molecule has 0 aliphatic carbocycles. The van der Waals surface area contributed by atoms with Gasteiger partial charge in [-0.1, -0.05) is 62.7 Å². The Balaban J connectivity index is 1.64. The molecule has 1 amide bonds. The number of unbranched alkanes of at least 4 members (excludes halogenated alkanes) is 4. The molecule has 164 valence electrons. The van der Waals surface area contributed by atoms with Crippen molar-refractivity contribution < 1.29 is 4.79 Å². The first-order valence-corrected chi connectivity index (χ1v) is 12.3. The topological polar surface area (TPSA) is 57.9 Å². The van der Waals surface area contributed by atoms with Gasteiger partial charge in [0.05, 0.1) is 10.5 Å². The normalized spacial score (nSPS) is 18.2. The summed E-state index contributed by atoms with van der Waals surface area (Å²) in [6.07, 6.45) is 11.2. The number of rotatable bonds is 8. The fourth-order valence-electron chi connectivity index (χ4n) is 4.08. The maximum atomic E-state index is 13.3. The lowest BCUT2D eigenvalue weighted by Gasteiger charge is -2.19. The maximum Gasteiger partial charge on any atom is 0.267 e. The minimum absolute atomic E-state index is 0.101. The van der Waals surface area contributed by atoms with E-state index >= 15 is 0 Å². The summed E-state index contributed by atoms with van der Waals surface area (Å²) in [6.45, 7) is 4.57. The van der Waals surface area contributed by atoms with E-state index in [1.54, 1.807) is 21.6 Å². The molecule has 31 heavy (non-hydrogen) atoms. The molecule has 0 saturated carbocycles. The highest BCUT2D eigenvalue weighted by Crippen LogP contribution is 2.34. The van der Waals surface area contributed by atoms with Crippen LogP contribution in [-0.4, -0.2) is 44.1 Å². The zero-order valence-electron chi connectivity index (χ0n) is 17.9. The number of fused-ring (bicyclic) bond motifs is 1. The van der Waals surface area contributed by atoms with Crippen LogP contribution in [0.25, 0.3) is 11.7 Å². The second kappa shape index (κ2) is 9.96. The molecule has 0 radical (unpaired) electrons. The highest BCUT2D eigenvalue weighted by molar-refractivity contribution is 8.26. The molecule has 0 aromatic carbocycles. The Kier molecular flexibility index (Phi) is 7.07. The maximum absolute atomic E-state index is 13.3. The van der Waals surface area contributed by atoms with E-state index in [2.05, 4.69) is 11.8 Å². The molecular formula is C23H28N4O2S2. The largest absolute Gasteiger partial charge is 0.356 e. The zero-order chi connectivity index (χ0) is 21.8. The molecule has 0 unspecified atom stereocenters. The van der Waals surface area contributed by atoms with Crippen LogP contribution in [-0.2, 0) is 4.79 Å². The van der Waals surface area contributed by atoms with Gasteiger partial charge in [0.25, 0.3) is 11.5 Å². The van der Waals surface area contributed by atoms with Crippen molar-refractivity contribution in [1.82, 2.24) is 14.3 Å². The molecule has 0 bridgehead atoms. The van der Waals surface area contributed by atoms with Gasteiger partial charge in [-0.15, -0.1) is 0 Å². The Labute approximate surface area is 192 Å². The summed E-state index contributed by atoms with van der Waals surface area (Å²) in [5, 5.41) is 0. The molecule has 2 aromatic rings. The van der Waals surface area contributed by atoms with Gasteiger partial charge in [0.15, 0.2) is 0 Å². The van der Waals surface area contributed by atoms with E-state index in [0.717, 1.165) is 38.8 Å². The molecular weight excluding hydrogens is 428 g/mol. The number of hydrogen-bond acceptors (Lipinski definition) is 6. The lowest BCUT2D eigenvalue weighted by molar-refractivity contribution is -0.122. The molecule has 2 aliphatic rings. The van der Waals surface area contributed by atoms with Gasteiger partial charge in [0.2, 0.25) is 0 Å². The summed E-state index contributed by atoms with van der Waals surface area (Å²) < 4.78 is 2.11. The fourth-order valence-corrected chi connectivity index (χ4v) is 5.38. The summed E-state index contributed by atoms with van der Waals surface area (Å²) >= 11 is 6.76. The number of pyridine rings is 1. The molecule has 2 saturated heterocycles. The second-order valence-corrected chi connectivity index (χ2v) is 9.70. The van der Waals surface area contributed by atoms with E-state index < -0.39 is 0 Å². The Hall–Kier alpha value is -2.19. The van der Waals surface area contributed by atoms with Crippen molar-refractivity contribution in [3.63, 3.8) is 0 Å². The van der Waals surface area contributed by atoms with Crippen molar-refractivity contribution in [1.29, 1.82) is 0 Å². The lowest BCUT2D eigenvalue weighted by atomic mass is 10.1. The van der Waals surface area contributed by atoms with Gasteiger partial charge in [-0.2, -0.15) is 0 Å². The number of aromatic nitrogens is 2. The fraction of sp³-hybridized carbons (Fsp3) is 0.478. The van der Waals surface area contributed by atoms with Crippen LogP contribution in [0, 0.1) is 0 Å². The van der Waals surface area contributed by atoms with E-state index in [0.29, 0.717) is 32.8 Å². The molecule has 2 fully saturated rings. The summed E-state index contributed by atoms with van der Waals surface area (Å²) in [7, 11) is 0. The minimum Gasteiger partial charge on any atom is -0.356 e. The van der Waals surface area contributed by atoms with Crippen molar-refractivity contribution in [3.05, 3.63) is 45.2 Å². The van der Waals surface area contributed by atoms with E-state index in [1.165, 1.54) is 31.0 Å². The highest BCUT2D eigenvalue weighted by Gasteiger charge is 2.32. The molecule has 2 aliphatic heterocycles. The smallest absolute Gasteiger partial charge is 0.267 e. The van der Waals surface area contributed by atoms with E-state index in [1.807, 2.05) is 18.2 Å². The molecule has 0 spiro atoms. The van der Waals surface area contributed by atoms with Crippen LogP contribution in [0.4, 0.5) is 5.82 Å². The molecule has 0 N–H and O–H groups in total. The van der Waals surface area contributed by atoms with Crippen LogP contribution >= 0.6 is 24.0 Å². The quantitative estimate of drug-likeness (QED) is 0.332. The van der Waals surface area contributed by atoms with Gasteiger partial charge in [0, 0.05) is 25.8 Å². The summed E-state index contributed by atoms with van der Waals surface area (Å²) in [5.74, 6) is 0.564. The average Bonchev–Trinajstić information content (AvgIpc) is 3.39. The Bertz CT molecular complexity index is 1070. The number of thiocarbonyl (C=S) groups is 1. The third-order valence-electron chi connectivity index (χ3n) is 5.79. The van der Waals surface area contributed by atoms with Gasteiger partial charge < -0.3 is 4.90 Å². The van der Waals surface area contributed by atoms with Gasteiger partial charge >= 0.3 is 0 Å². The van der Waals surface area contributed by atoms with Crippen molar-refractivity contribution in [3.8, 4) is 0 Å². The van der Waals surface area contributed by atoms with Crippen LogP contribution < -0.4 is 10.5 Å². The van der Waals surface area contributed by atoms with Crippen LogP contribution in [0.1, 0.15) is 57.4 Å². The number of thioether (sulfide) groups is 1. The predicted octanol–water partition coefficient (Wildman–Crippen LogP) is 4.47. The standard InChI is InChI=1S/C23H28N4O2S2/c1-2-3-4-5-7-15-27-22(29)18(31-23(27)30)16-17-20(25-12-9-10-13-25)24-19-11-6-8-14-26(19)21(17)28/h6,8,11,14,16H,2-5,7,9-10,12-13,15H2,1H3/b18-16+. The molecule has 0 atom stereocenters. The highest BCUT2D eigenvalue weighted by atomic mass is 32.2. The van der Waals surface area contributed by atoms with Crippen LogP contribution in [0.2, 0.25) is 0 Å². The molecule has 2 aromatic heterocycles. The summed E-state index contributed by atoms with van der Waals surface area (Å²) in [6, 6.07) is 5.52. The number of nitrogens with zero attached hydrogens (tertiary/aromatic N) is 4. The van der Waals surface area contributed by atoms with E-state index in [4.69, 9.17) is 17.2 Å². The average molecular weight is 457 g/mol. The number of anilines is 1. The molecule has 6 nitrogen and oxygen atoms in total. The van der Waals surface area contributed by atoms with Crippen LogP contribution in [0.15, 0.2) is 34.1 Å². The van der Waals surface area contributed by atoms with Gasteiger partial charge in [0.1, 0.15) is 15.8 Å². The minimum atomic E-state index is -0.155. The summed E-state index contributed by atoms with van der Waals surface area (Å²) in [5.41, 5.74) is 0.928. The molecule has 4 heterocycles. The van der Waals surface area contributed by atoms with Crippen molar-refractivity contribution in [2.75, 3.05) is 24.5 Å².